The molecule has 0 saturated heterocycles. The lowest BCUT2D eigenvalue weighted by atomic mass is 9.84. The molecule has 1 atom stereocenters. The van der Waals surface area contributed by atoms with Gasteiger partial charge >= 0.3 is 5.97 Å². The number of aromatic nitrogens is 4. The Morgan fingerprint density at radius 3 is 2.68 bits per heavy atom. The van der Waals surface area contributed by atoms with Crippen molar-refractivity contribution < 1.29 is 18.6 Å². The first kappa shape index (κ1) is 29.0. The molecule has 41 heavy (non-hydrogen) atoms. The summed E-state index contributed by atoms with van der Waals surface area (Å²) in [6.45, 7) is 10.3. The highest BCUT2D eigenvalue weighted by atomic mass is 32.3. The first-order valence-electron chi connectivity index (χ1n) is 13.9. The van der Waals surface area contributed by atoms with Crippen molar-refractivity contribution >= 4 is 33.6 Å². The molecule has 0 saturated carbocycles. The van der Waals surface area contributed by atoms with Gasteiger partial charge in [0, 0.05) is 45.3 Å². The zero-order chi connectivity index (χ0) is 29.3. The second-order valence-electron chi connectivity index (χ2n) is 10.4. The summed E-state index contributed by atoms with van der Waals surface area (Å²) in [7, 11) is -1.42. The van der Waals surface area contributed by atoms with Gasteiger partial charge in [-0.1, -0.05) is 29.5 Å². The Bertz CT molecular complexity index is 1570. The number of anilines is 1. The minimum Gasteiger partial charge on any atom is -0.466 e. The molecular weight excluding hydrogens is 540 g/mol. The van der Waals surface area contributed by atoms with Gasteiger partial charge in [0.1, 0.15) is 10.4 Å². The predicted molar refractivity (Wildman–Crippen MR) is 161 cm³/mol. The van der Waals surface area contributed by atoms with Gasteiger partial charge in [0.25, 0.3) is 0 Å². The van der Waals surface area contributed by atoms with Crippen molar-refractivity contribution in [3.05, 3.63) is 76.5 Å². The van der Waals surface area contributed by atoms with E-state index in [1.165, 1.54) is 0 Å². The SMILES string of the molecule is CCOC(=O)CC(c1ccc(C)c(CN2CCN(CC)c3ncccc3S2(O)O)c1)c1ccc2c(nnn2C)c1C. The van der Waals surface area contributed by atoms with Crippen molar-refractivity contribution in [1.29, 1.82) is 0 Å². The second kappa shape index (κ2) is 11.8. The Morgan fingerprint density at radius 2 is 1.93 bits per heavy atom. The molecule has 3 heterocycles. The number of rotatable bonds is 8. The third-order valence-corrected chi connectivity index (χ3v) is 9.90. The van der Waals surface area contributed by atoms with Crippen molar-refractivity contribution in [2.24, 2.45) is 7.05 Å². The van der Waals surface area contributed by atoms with Crippen LogP contribution in [0, 0.1) is 13.8 Å². The summed E-state index contributed by atoms with van der Waals surface area (Å²) < 4.78 is 31.9. The number of pyridine rings is 1. The number of aryl methyl sites for hydroxylation is 3. The smallest absolute Gasteiger partial charge is 0.306 e. The van der Waals surface area contributed by atoms with Crippen LogP contribution >= 0.6 is 10.8 Å². The lowest BCUT2D eigenvalue weighted by molar-refractivity contribution is -0.143. The van der Waals surface area contributed by atoms with Crippen LogP contribution in [0.2, 0.25) is 0 Å². The van der Waals surface area contributed by atoms with Crippen LogP contribution in [0.1, 0.15) is 54.0 Å². The highest BCUT2D eigenvalue weighted by Crippen LogP contribution is 2.56. The van der Waals surface area contributed by atoms with Crippen molar-refractivity contribution in [3.63, 3.8) is 0 Å². The molecule has 1 aliphatic rings. The van der Waals surface area contributed by atoms with Gasteiger partial charge in [-0.2, -0.15) is 4.31 Å². The van der Waals surface area contributed by atoms with Gasteiger partial charge in [0.15, 0.2) is 5.82 Å². The molecule has 5 rings (SSSR count). The van der Waals surface area contributed by atoms with Crippen LogP contribution in [-0.2, 0) is 23.1 Å². The first-order valence-corrected chi connectivity index (χ1v) is 15.4. The number of fused-ring (bicyclic) bond motifs is 2. The van der Waals surface area contributed by atoms with E-state index in [9.17, 15) is 13.9 Å². The molecule has 2 aromatic heterocycles. The number of nitrogens with zero attached hydrogens (tertiary/aromatic N) is 6. The fourth-order valence-electron chi connectivity index (χ4n) is 5.60. The Morgan fingerprint density at radius 1 is 1.12 bits per heavy atom. The molecule has 2 N–H and O–H groups in total. The van der Waals surface area contributed by atoms with E-state index in [1.807, 2.05) is 52.1 Å². The molecule has 0 bridgehead atoms. The minimum absolute atomic E-state index is 0.173. The Labute approximate surface area is 242 Å². The molecule has 0 fully saturated rings. The van der Waals surface area contributed by atoms with Gasteiger partial charge in [-0.3, -0.25) is 13.9 Å². The summed E-state index contributed by atoms with van der Waals surface area (Å²) in [6.07, 6.45) is 1.86. The number of ether oxygens (including phenoxy) is 1. The van der Waals surface area contributed by atoms with Crippen LogP contribution in [0.5, 0.6) is 0 Å². The molecule has 0 spiro atoms. The van der Waals surface area contributed by atoms with Gasteiger partial charge in [-0.15, -0.1) is 15.9 Å². The van der Waals surface area contributed by atoms with Crippen LogP contribution in [0.3, 0.4) is 0 Å². The normalized spacial score (nSPS) is 16.7. The number of esters is 1. The van der Waals surface area contributed by atoms with Crippen LogP contribution in [-0.4, -0.2) is 65.6 Å². The molecule has 10 nitrogen and oxygen atoms in total. The standard InChI is InChI=1S/C30H38N6O4S/c1-6-35-15-16-36(41(38,39)27-9-8-14-31-30(27)35)19-23-17-22(11-10-20(23)3)25(18-28(37)40-7-2)24-12-13-26-29(21(24)4)32-33-34(26)5/h8-14,17,25,38-39H,6-7,15-16,18-19H2,1-5H3. The van der Waals surface area contributed by atoms with Gasteiger partial charge in [0.05, 0.1) is 18.5 Å². The number of carbonyl (C=O) groups is 1. The largest absolute Gasteiger partial charge is 0.466 e. The molecule has 0 radical (unpaired) electrons. The maximum Gasteiger partial charge on any atom is 0.306 e. The Balaban J connectivity index is 1.54. The quantitative estimate of drug-likeness (QED) is 0.264. The monoisotopic (exact) mass is 578 g/mol. The van der Waals surface area contributed by atoms with E-state index in [0.29, 0.717) is 43.5 Å². The molecule has 2 aromatic carbocycles. The Kier molecular flexibility index (Phi) is 8.32. The lowest BCUT2D eigenvalue weighted by Gasteiger charge is -2.41. The predicted octanol–water partition coefficient (Wildman–Crippen LogP) is 5.43. The lowest BCUT2D eigenvalue weighted by Crippen LogP contribution is -2.33. The molecule has 1 unspecified atom stereocenters. The van der Waals surface area contributed by atoms with Crippen LogP contribution in [0.15, 0.2) is 53.6 Å². The molecule has 4 aromatic rings. The third kappa shape index (κ3) is 5.54. The van der Waals surface area contributed by atoms with Crippen LogP contribution < -0.4 is 4.90 Å². The summed E-state index contributed by atoms with van der Waals surface area (Å²) in [5, 5.41) is 8.54. The van der Waals surface area contributed by atoms with E-state index >= 15 is 0 Å². The van der Waals surface area contributed by atoms with Crippen molar-refractivity contribution in [1.82, 2.24) is 24.3 Å². The van der Waals surface area contributed by atoms with E-state index in [4.69, 9.17) is 4.74 Å². The first-order chi connectivity index (χ1) is 19.6. The fourth-order valence-corrected chi connectivity index (χ4v) is 7.23. The molecule has 11 heteroatoms. The number of benzene rings is 2. The average Bonchev–Trinajstić information content (AvgIpc) is 3.29. The summed E-state index contributed by atoms with van der Waals surface area (Å²) in [5.74, 6) is 0.0703. The number of hydrogen-bond acceptors (Lipinski definition) is 9. The Hall–Kier alpha value is -3.51. The van der Waals surface area contributed by atoms with E-state index in [-0.39, 0.29) is 18.3 Å². The van der Waals surface area contributed by atoms with E-state index < -0.39 is 10.8 Å². The zero-order valence-electron chi connectivity index (χ0n) is 24.2. The number of likely N-dealkylation sites (N-methyl/N-ethyl adjacent to an activating group) is 1. The maximum atomic E-state index is 12.8. The molecule has 1 aliphatic heterocycles. The average molecular weight is 579 g/mol. The minimum atomic E-state index is -3.28. The second-order valence-corrected chi connectivity index (χ2v) is 12.4. The van der Waals surface area contributed by atoms with Crippen molar-refractivity contribution in [2.45, 2.75) is 51.5 Å². The van der Waals surface area contributed by atoms with E-state index in [1.54, 1.807) is 34.2 Å². The fraction of sp³-hybridized carbons (Fsp3) is 0.400. The topological polar surface area (TPSA) is 117 Å². The molecular formula is C30H38N6O4S. The van der Waals surface area contributed by atoms with Crippen molar-refractivity contribution in [3.8, 4) is 0 Å². The van der Waals surface area contributed by atoms with Gasteiger partial charge in [-0.05, 0) is 73.7 Å². The third-order valence-electron chi connectivity index (χ3n) is 7.96. The molecule has 0 amide bonds. The van der Waals surface area contributed by atoms with E-state index in [2.05, 4.69) is 26.3 Å². The summed E-state index contributed by atoms with van der Waals surface area (Å²) in [4.78, 5) is 19.8. The summed E-state index contributed by atoms with van der Waals surface area (Å²) in [5.41, 5.74) is 6.63. The van der Waals surface area contributed by atoms with Crippen molar-refractivity contribution in [2.75, 3.05) is 31.1 Å². The van der Waals surface area contributed by atoms with Gasteiger partial charge in [-0.25, -0.2) is 9.67 Å². The number of hydrogen-bond donors (Lipinski definition) is 2. The van der Waals surface area contributed by atoms with Gasteiger partial charge < -0.3 is 9.64 Å². The molecule has 218 valence electrons. The summed E-state index contributed by atoms with van der Waals surface area (Å²) >= 11 is 0. The van der Waals surface area contributed by atoms with Crippen LogP contribution in [0.4, 0.5) is 5.82 Å². The van der Waals surface area contributed by atoms with Crippen LogP contribution in [0.25, 0.3) is 11.0 Å². The maximum absolute atomic E-state index is 12.8. The number of carbonyl (C=O) groups excluding carboxylic acids is 1. The highest BCUT2D eigenvalue weighted by Gasteiger charge is 2.34. The van der Waals surface area contributed by atoms with Gasteiger partial charge in [0.2, 0.25) is 0 Å². The molecule has 0 aliphatic carbocycles. The van der Waals surface area contributed by atoms with E-state index in [0.717, 1.165) is 38.9 Å². The highest BCUT2D eigenvalue weighted by molar-refractivity contribution is 8.22. The zero-order valence-corrected chi connectivity index (χ0v) is 25.1. The summed E-state index contributed by atoms with van der Waals surface area (Å²) in [6, 6.07) is 13.7.